The number of hydrogen-bond donors (Lipinski definition) is 2. The van der Waals surface area contributed by atoms with Crippen LogP contribution in [0.1, 0.15) is 29.8 Å². The summed E-state index contributed by atoms with van der Waals surface area (Å²) in [4.78, 5) is 23.0. The zero-order valence-electron chi connectivity index (χ0n) is 12.9. The van der Waals surface area contributed by atoms with Crippen LogP contribution in [0.5, 0.6) is 0 Å². The number of ether oxygens (including phenoxy) is 1. The Balaban J connectivity index is 1.42. The van der Waals surface area contributed by atoms with E-state index in [1.54, 1.807) is 0 Å². The zero-order valence-corrected chi connectivity index (χ0v) is 12.9. The van der Waals surface area contributed by atoms with E-state index in [4.69, 9.17) is 11.2 Å². The smallest absolute Gasteiger partial charge is 0.407 e. The lowest BCUT2D eigenvalue weighted by molar-refractivity contribution is 0.0946. The van der Waals surface area contributed by atoms with Gasteiger partial charge < -0.3 is 15.4 Å². The van der Waals surface area contributed by atoms with Crippen molar-refractivity contribution in [2.75, 3.05) is 13.1 Å². The van der Waals surface area contributed by atoms with Crippen LogP contribution < -0.4 is 10.6 Å². The maximum absolute atomic E-state index is 12.0. The quantitative estimate of drug-likeness (QED) is 0.653. The van der Waals surface area contributed by atoms with E-state index in [0.717, 1.165) is 0 Å². The zero-order chi connectivity index (χ0) is 17.0. The molecule has 0 bridgehead atoms. The molecule has 24 heavy (non-hydrogen) atoms. The third-order valence-corrected chi connectivity index (χ3v) is 3.77. The molecule has 0 saturated carbocycles. The van der Waals surface area contributed by atoms with Gasteiger partial charge in [0.25, 0.3) is 5.91 Å². The van der Waals surface area contributed by atoms with Gasteiger partial charge in [-0.1, -0.05) is 5.21 Å². The van der Waals surface area contributed by atoms with Crippen molar-refractivity contribution in [3.05, 3.63) is 11.9 Å². The van der Waals surface area contributed by atoms with Crippen LogP contribution in [-0.2, 0) is 11.3 Å². The number of nitrogens with one attached hydrogen (secondary N) is 2. The molecule has 0 spiro atoms. The first-order chi connectivity index (χ1) is 11.6. The van der Waals surface area contributed by atoms with Crippen LogP contribution in [0.2, 0.25) is 0 Å². The Hall–Kier alpha value is -2.96. The van der Waals surface area contributed by atoms with Gasteiger partial charge in [-0.15, -0.1) is 17.4 Å². The second-order valence-electron chi connectivity index (χ2n) is 5.63. The largest absolute Gasteiger partial charge is 0.442 e. The number of cyclic esters (lactones) is 1. The van der Waals surface area contributed by atoms with Gasteiger partial charge in [0.15, 0.2) is 11.4 Å². The maximum atomic E-state index is 12.0. The molecule has 10 heteroatoms. The predicted molar refractivity (Wildman–Crippen MR) is 80.9 cm³/mol. The van der Waals surface area contributed by atoms with E-state index in [-0.39, 0.29) is 17.7 Å². The Bertz CT molecular complexity index is 699. The lowest BCUT2D eigenvalue weighted by Crippen LogP contribution is -2.28. The third kappa shape index (κ3) is 3.87. The van der Waals surface area contributed by atoms with Crippen molar-refractivity contribution in [3.63, 3.8) is 0 Å². The molecule has 2 amide bonds. The van der Waals surface area contributed by atoms with Gasteiger partial charge in [0.05, 0.1) is 19.3 Å². The van der Waals surface area contributed by atoms with Gasteiger partial charge in [-0.25, -0.2) is 9.48 Å². The van der Waals surface area contributed by atoms with E-state index >= 15 is 0 Å². The lowest BCUT2D eigenvalue weighted by Gasteiger charge is -2.08. The van der Waals surface area contributed by atoms with Crippen LogP contribution >= 0.6 is 0 Å². The number of amides is 2. The molecule has 0 radical (unpaired) electrons. The highest BCUT2D eigenvalue weighted by Gasteiger charge is 2.38. The van der Waals surface area contributed by atoms with Crippen LogP contribution in [0, 0.1) is 12.3 Å². The van der Waals surface area contributed by atoms with Gasteiger partial charge in [-0.2, -0.15) is 10.2 Å². The fourth-order valence-corrected chi connectivity index (χ4v) is 2.37. The van der Waals surface area contributed by atoms with Gasteiger partial charge in [0.1, 0.15) is 6.10 Å². The van der Waals surface area contributed by atoms with Crippen LogP contribution in [0.25, 0.3) is 0 Å². The molecular weight excluding hydrogens is 314 g/mol. The molecule has 3 rings (SSSR count). The van der Waals surface area contributed by atoms with E-state index in [0.29, 0.717) is 38.9 Å². The average molecular weight is 331 g/mol. The van der Waals surface area contributed by atoms with Crippen LogP contribution in [0.3, 0.4) is 0 Å². The second kappa shape index (κ2) is 6.66. The molecular formula is C14H17N7O3. The van der Waals surface area contributed by atoms with Crippen molar-refractivity contribution < 1.29 is 14.3 Å². The van der Waals surface area contributed by atoms with E-state index in [1.165, 1.54) is 10.9 Å². The second-order valence-corrected chi connectivity index (χ2v) is 5.63. The molecule has 0 aromatic carbocycles. The number of carbonyl (C=O) groups excluding carboxylic acids is 2. The molecule has 1 unspecified atom stereocenters. The van der Waals surface area contributed by atoms with Gasteiger partial charge in [0.2, 0.25) is 0 Å². The molecule has 2 aliphatic heterocycles. The van der Waals surface area contributed by atoms with E-state index < -0.39 is 11.8 Å². The van der Waals surface area contributed by atoms with Crippen molar-refractivity contribution in [2.45, 2.75) is 37.6 Å². The Labute approximate surface area is 138 Å². The fraction of sp³-hybridized carbons (Fsp3) is 0.571. The van der Waals surface area contributed by atoms with E-state index in [1.807, 2.05) is 0 Å². The summed E-state index contributed by atoms with van der Waals surface area (Å²) in [6, 6.07) is 0. The highest BCUT2D eigenvalue weighted by Crippen LogP contribution is 2.35. The number of aromatic nitrogens is 3. The van der Waals surface area contributed by atoms with Crippen molar-refractivity contribution >= 4 is 12.0 Å². The van der Waals surface area contributed by atoms with Crippen molar-refractivity contribution in [1.29, 1.82) is 0 Å². The standard InChI is InChI=1S/C14H17N7O3/c1-2-3-4-14(18-19-14)5-6-15-12(22)11-9-21(20-17-11)8-10-7-16-13(23)24-10/h1,9-10H,3-8H2,(H,15,22)(H,16,23). The van der Waals surface area contributed by atoms with Crippen molar-refractivity contribution in [3.8, 4) is 12.3 Å². The van der Waals surface area contributed by atoms with Crippen molar-refractivity contribution in [1.82, 2.24) is 25.6 Å². The molecule has 1 aromatic heterocycles. The predicted octanol–water partition coefficient (Wildman–Crippen LogP) is 0.0819. The fourth-order valence-electron chi connectivity index (χ4n) is 2.37. The summed E-state index contributed by atoms with van der Waals surface area (Å²) < 4.78 is 6.47. The molecule has 0 aliphatic carbocycles. The average Bonchev–Trinajstić information content (AvgIpc) is 2.97. The molecule has 1 atom stereocenters. The molecule has 2 N–H and O–H groups in total. The first-order valence-corrected chi connectivity index (χ1v) is 7.60. The Morgan fingerprint density at radius 2 is 2.38 bits per heavy atom. The van der Waals surface area contributed by atoms with E-state index in [9.17, 15) is 9.59 Å². The molecule has 10 nitrogen and oxygen atoms in total. The molecule has 1 fully saturated rings. The minimum absolute atomic E-state index is 0.203. The summed E-state index contributed by atoms with van der Waals surface area (Å²) in [5.41, 5.74) is -0.217. The van der Waals surface area contributed by atoms with Gasteiger partial charge in [-0.05, 0) is 0 Å². The Kier molecular flexibility index (Phi) is 4.41. The topological polar surface area (TPSA) is 123 Å². The monoisotopic (exact) mass is 331 g/mol. The van der Waals surface area contributed by atoms with Crippen LogP contribution in [0.4, 0.5) is 4.79 Å². The summed E-state index contributed by atoms with van der Waals surface area (Å²) in [6.07, 6.45) is 7.90. The van der Waals surface area contributed by atoms with Crippen LogP contribution in [0.15, 0.2) is 16.4 Å². The van der Waals surface area contributed by atoms with Gasteiger partial charge >= 0.3 is 6.09 Å². The summed E-state index contributed by atoms with van der Waals surface area (Å²) in [7, 11) is 0. The Morgan fingerprint density at radius 3 is 3.04 bits per heavy atom. The molecule has 1 saturated heterocycles. The first kappa shape index (κ1) is 15.9. The maximum Gasteiger partial charge on any atom is 0.407 e. The normalized spacial score (nSPS) is 20.1. The lowest BCUT2D eigenvalue weighted by atomic mass is 10.0. The van der Waals surface area contributed by atoms with Gasteiger partial charge in [0, 0.05) is 25.8 Å². The number of hydrogen-bond acceptors (Lipinski definition) is 7. The molecule has 2 aliphatic rings. The summed E-state index contributed by atoms with van der Waals surface area (Å²) in [5.74, 6) is 2.24. The van der Waals surface area contributed by atoms with Gasteiger partial charge in [-0.3, -0.25) is 4.79 Å². The number of alkyl carbamates (subject to hydrolysis) is 1. The summed E-state index contributed by atoms with van der Waals surface area (Å²) in [5, 5.41) is 21.0. The minimum Gasteiger partial charge on any atom is -0.442 e. The number of nitrogens with zero attached hydrogens (tertiary/aromatic N) is 5. The number of rotatable bonds is 8. The van der Waals surface area contributed by atoms with E-state index in [2.05, 4.69) is 37.1 Å². The third-order valence-electron chi connectivity index (χ3n) is 3.77. The Morgan fingerprint density at radius 1 is 1.54 bits per heavy atom. The highest BCUT2D eigenvalue weighted by molar-refractivity contribution is 5.91. The summed E-state index contributed by atoms with van der Waals surface area (Å²) >= 11 is 0. The summed E-state index contributed by atoms with van der Waals surface area (Å²) in [6.45, 7) is 1.17. The highest BCUT2D eigenvalue weighted by atomic mass is 16.6. The number of terminal acetylenes is 1. The molecule has 1 aromatic rings. The SMILES string of the molecule is C#CCCC1(CCNC(=O)c2cn(CC3CNC(=O)O3)nn2)N=N1. The van der Waals surface area contributed by atoms with Crippen LogP contribution in [-0.4, -0.2) is 51.9 Å². The minimum atomic E-state index is -0.451. The first-order valence-electron chi connectivity index (χ1n) is 7.60. The molecule has 3 heterocycles. The number of carbonyl (C=O) groups is 2. The van der Waals surface area contributed by atoms with Crippen molar-refractivity contribution in [2.24, 2.45) is 10.2 Å². The molecule has 126 valence electrons.